The lowest BCUT2D eigenvalue weighted by Gasteiger charge is -2.10. The summed E-state index contributed by atoms with van der Waals surface area (Å²) in [6.45, 7) is 0.193. The van der Waals surface area contributed by atoms with Gasteiger partial charge in [-0.1, -0.05) is 23.4 Å². The number of aromatic nitrogens is 4. The fourth-order valence-electron chi connectivity index (χ4n) is 2.63. The summed E-state index contributed by atoms with van der Waals surface area (Å²) < 4.78 is 18.9. The molecule has 0 aliphatic carbocycles. The number of thiazole rings is 1. The van der Waals surface area contributed by atoms with E-state index in [1.165, 1.54) is 35.9 Å². The minimum absolute atomic E-state index is 0.00784. The molecule has 0 radical (unpaired) electrons. The molecule has 0 spiro atoms. The average Bonchev–Trinajstić information content (AvgIpc) is 3.48. The zero-order valence-electron chi connectivity index (χ0n) is 16.0. The molecule has 0 aliphatic rings. The Labute approximate surface area is 180 Å². The van der Waals surface area contributed by atoms with Crippen LogP contribution in [0.1, 0.15) is 17.1 Å². The van der Waals surface area contributed by atoms with E-state index in [0.29, 0.717) is 27.8 Å². The first kappa shape index (κ1) is 20.2. The van der Waals surface area contributed by atoms with Crippen LogP contribution in [-0.2, 0) is 6.54 Å². The first-order valence-electron chi connectivity index (χ1n) is 9.08. The summed E-state index contributed by atoms with van der Waals surface area (Å²) in [6.07, 6.45) is 6.05. The number of nitrogens with zero attached hydrogens (tertiary/aromatic N) is 4. The molecule has 31 heavy (non-hydrogen) atoms. The van der Waals surface area contributed by atoms with Crippen LogP contribution in [0.3, 0.4) is 0 Å². The Hall–Kier alpha value is -4.12. The lowest BCUT2D eigenvalue weighted by atomic mass is 10.2. The highest BCUT2D eigenvalue weighted by molar-refractivity contribution is 7.13. The van der Waals surface area contributed by atoms with Crippen molar-refractivity contribution in [2.75, 3.05) is 11.1 Å². The molecular weight excluding hydrogens is 419 g/mol. The first-order chi connectivity index (χ1) is 15.1. The first-order valence-corrected chi connectivity index (χ1v) is 9.96. The molecule has 0 amide bonds. The minimum atomic E-state index is -0.330. The second-order valence-corrected chi connectivity index (χ2v) is 7.15. The van der Waals surface area contributed by atoms with Crippen LogP contribution in [0.5, 0.6) is 0 Å². The molecular formula is C20H17FN8OS. The predicted octanol–water partition coefficient (Wildman–Crippen LogP) is 3.58. The Morgan fingerprint density at radius 2 is 2.13 bits per heavy atom. The Bertz CT molecular complexity index is 1210. The van der Waals surface area contributed by atoms with Crippen molar-refractivity contribution in [1.82, 2.24) is 25.4 Å². The molecule has 156 valence electrons. The minimum Gasteiger partial charge on any atom is -0.382 e. The number of benzene rings is 1. The quantitative estimate of drug-likeness (QED) is 0.307. The van der Waals surface area contributed by atoms with Crippen LogP contribution >= 0.6 is 11.3 Å². The Morgan fingerprint density at radius 1 is 1.26 bits per heavy atom. The topological polar surface area (TPSA) is 139 Å². The molecule has 3 heterocycles. The molecule has 0 fully saturated rings. The predicted molar refractivity (Wildman–Crippen MR) is 116 cm³/mol. The SMILES string of the molecule is N=C(/C=C(\NCc1ccccc1F)c1ccon1)c1ncc(Nc2nccs2)c(N)n1. The Balaban J connectivity index is 1.55. The third-order valence-corrected chi connectivity index (χ3v) is 4.85. The van der Waals surface area contributed by atoms with Crippen molar-refractivity contribution >= 4 is 39.4 Å². The van der Waals surface area contributed by atoms with Gasteiger partial charge in [0.1, 0.15) is 29.2 Å². The average molecular weight is 436 g/mol. The van der Waals surface area contributed by atoms with Crippen LogP contribution < -0.4 is 16.4 Å². The Kier molecular flexibility index (Phi) is 5.94. The maximum absolute atomic E-state index is 13.9. The molecule has 0 saturated carbocycles. The number of nitrogens with two attached hydrogens (primary N) is 1. The number of anilines is 3. The molecule has 11 heteroatoms. The number of halogens is 1. The standard InChI is InChI=1S/C20H17FN8OS/c21-13-4-2-1-3-12(13)10-25-16(15-5-7-30-29-15)9-14(22)19-26-11-17(18(23)28-19)27-20-24-6-8-31-20/h1-9,11,22,25H,10H2,(H,24,27)(H2,23,26,28)/b16-9-,22-14?. The highest BCUT2D eigenvalue weighted by Crippen LogP contribution is 2.22. The van der Waals surface area contributed by atoms with E-state index in [1.807, 2.05) is 5.38 Å². The Morgan fingerprint density at radius 3 is 2.84 bits per heavy atom. The van der Waals surface area contributed by atoms with E-state index in [9.17, 15) is 4.39 Å². The molecule has 0 bridgehead atoms. The van der Waals surface area contributed by atoms with Crippen LogP contribution in [0.15, 0.2) is 65.0 Å². The van der Waals surface area contributed by atoms with Gasteiger partial charge in [-0.05, 0) is 12.1 Å². The summed E-state index contributed by atoms with van der Waals surface area (Å²) in [5, 5.41) is 20.9. The van der Waals surface area contributed by atoms with E-state index in [2.05, 4.69) is 30.7 Å². The second kappa shape index (κ2) is 9.13. The van der Waals surface area contributed by atoms with Gasteiger partial charge in [0.05, 0.1) is 11.9 Å². The van der Waals surface area contributed by atoms with Gasteiger partial charge in [-0.3, -0.25) is 5.41 Å². The van der Waals surface area contributed by atoms with Crippen molar-refractivity contribution < 1.29 is 8.91 Å². The number of nitrogen functional groups attached to an aromatic ring is 1. The van der Waals surface area contributed by atoms with Gasteiger partial charge in [0.15, 0.2) is 16.8 Å². The van der Waals surface area contributed by atoms with Crippen molar-refractivity contribution in [3.8, 4) is 0 Å². The van der Waals surface area contributed by atoms with E-state index in [-0.39, 0.29) is 29.7 Å². The normalized spacial score (nSPS) is 11.3. The van der Waals surface area contributed by atoms with Gasteiger partial charge < -0.3 is 20.9 Å². The molecule has 0 saturated heterocycles. The summed E-state index contributed by atoms with van der Waals surface area (Å²) in [5.74, 6) is -0.0273. The van der Waals surface area contributed by atoms with Crippen LogP contribution in [-0.4, -0.2) is 25.8 Å². The van der Waals surface area contributed by atoms with Crippen molar-refractivity contribution in [2.45, 2.75) is 6.54 Å². The molecule has 0 atom stereocenters. The van der Waals surface area contributed by atoms with E-state index < -0.39 is 0 Å². The molecule has 3 aromatic heterocycles. The summed E-state index contributed by atoms with van der Waals surface area (Å²) in [7, 11) is 0. The fraction of sp³-hybridized carbons (Fsp3) is 0.0500. The number of hydrogen-bond donors (Lipinski definition) is 4. The molecule has 0 aliphatic heterocycles. The van der Waals surface area contributed by atoms with Crippen molar-refractivity contribution in [3.05, 3.63) is 83.3 Å². The van der Waals surface area contributed by atoms with Crippen LogP contribution in [0.25, 0.3) is 5.70 Å². The third-order valence-electron chi connectivity index (χ3n) is 4.16. The third kappa shape index (κ3) is 4.90. The molecule has 4 aromatic rings. The van der Waals surface area contributed by atoms with E-state index in [1.54, 1.807) is 30.5 Å². The summed E-state index contributed by atoms with van der Waals surface area (Å²) in [6, 6.07) is 8.06. The zero-order chi connectivity index (χ0) is 21.6. The van der Waals surface area contributed by atoms with Gasteiger partial charge in [-0.2, -0.15) is 0 Å². The second-order valence-electron chi connectivity index (χ2n) is 6.26. The number of allylic oxidation sites excluding steroid dienone is 1. The van der Waals surface area contributed by atoms with Crippen LogP contribution in [0.4, 0.5) is 21.0 Å². The van der Waals surface area contributed by atoms with Gasteiger partial charge >= 0.3 is 0 Å². The van der Waals surface area contributed by atoms with Gasteiger partial charge in [0, 0.05) is 29.8 Å². The highest BCUT2D eigenvalue weighted by atomic mass is 32.1. The molecule has 5 N–H and O–H groups in total. The van der Waals surface area contributed by atoms with Gasteiger partial charge in [-0.25, -0.2) is 19.3 Å². The maximum atomic E-state index is 13.9. The van der Waals surface area contributed by atoms with Crippen molar-refractivity contribution in [1.29, 1.82) is 5.41 Å². The van der Waals surface area contributed by atoms with Crippen molar-refractivity contribution in [2.24, 2.45) is 0 Å². The lowest BCUT2D eigenvalue weighted by molar-refractivity contribution is 0.417. The molecule has 9 nitrogen and oxygen atoms in total. The highest BCUT2D eigenvalue weighted by Gasteiger charge is 2.12. The van der Waals surface area contributed by atoms with Crippen LogP contribution in [0.2, 0.25) is 0 Å². The molecule has 4 rings (SSSR count). The zero-order valence-corrected chi connectivity index (χ0v) is 16.9. The van der Waals surface area contributed by atoms with E-state index in [0.717, 1.165) is 0 Å². The van der Waals surface area contributed by atoms with Gasteiger partial charge in [0.25, 0.3) is 0 Å². The monoisotopic (exact) mass is 436 g/mol. The molecule has 0 unspecified atom stereocenters. The summed E-state index contributed by atoms with van der Waals surface area (Å²) >= 11 is 1.41. The fourth-order valence-corrected chi connectivity index (χ4v) is 3.17. The van der Waals surface area contributed by atoms with E-state index >= 15 is 0 Å². The van der Waals surface area contributed by atoms with E-state index in [4.69, 9.17) is 15.7 Å². The largest absolute Gasteiger partial charge is 0.382 e. The lowest BCUT2D eigenvalue weighted by Crippen LogP contribution is -2.16. The maximum Gasteiger partial charge on any atom is 0.187 e. The van der Waals surface area contributed by atoms with Gasteiger partial charge in [0.2, 0.25) is 0 Å². The number of hydrogen-bond acceptors (Lipinski definition) is 10. The number of rotatable bonds is 8. The number of nitrogens with one attached hydrogen (secondary N) is 3. The van der Waals surface area contributed by atoms with Gasteiger partial charge in [-0.15, -0.1) is 11.3 Å². The summed E-state index contributed by atoms with van der Waals surface area (Å²) in [4.78, 5) is 12.5. The van der Waals surface area contributed by atoms with Crippen molar-refractivity contribution in [3.63, 3.8) is 0 Å². The van der Waals surface area contributed by atoms with Crippen LogP contribution in [0, 0.1) is 11.2 Å². The molecule has 1 aromatic carbocycles. The smallest absolute Gasteiger partial charge is 0.187 e. The summed E-state index contributed by atoms with van der Waals surface area (Å²) in [5.41, 5.74) is 7.88.